The zero-order chi connectivity index (χ0) is 14.8. The van der Waals surface area contributed by atoms with E-state index in [1.807, 2.05) is 29.2 Å². The van der Waals surface area contributed by atoms with Crippen LogP contribution in [0.2, 0.25) is 0 Å². The molecule has 3 rings (SSSR count). The highest BCUT2D eigenvalue weighted by Crippen LogP contribution is 2.37. The van der Waals surface area contributed by atoms with Gasteiger partial charge in [-0.15, -0.1) is 0 Å². The zero-order valence-corrected chi connectivity index (χ0v) is 12.3. The van der Waals surface area contributed by atoms with Gasteiger partial charge in [-0.1, -0.05) is 18.2 Å². The first kappa shape index (κ1) is 14.4. The highest BCUT2D eigenvalue weighted by molar-refractivity contribution is 5.80. The molecule has 2 fully saturated rings. The summed E-state index contributed by atoms with van der Waals surface area (Å²) in [7, 11) is 1.64. The van der Waals surface area contributed by atoms with E-state index in [1.165, 1.54) is 0 Å². The lowest BCUT2D eigenvalue weighted by Gasteiger charge is -2.30. The molecule has 114 valence electrons. The third-order valence-corrected chi connectivity index (χ3v) is 4.35. The van der Waals surface area contributed by atoms with E-state index in [0.717, 1.165) is 30.8 Å². The SMILES string of the molecule is COc1ccccc1C1C(N)CC(=O)N1CC1CCCO1. The third-order valence-electron chi connectivity index (χ3n) is 4.35. The molecule has 0 radical (unpaired) electrons. The number of methoxy groups -OCH3 is 1. The van der Waals surface area contributed by atoms with Crippen LogP contribution in [0.1, 0.15) is 30.9 Å². The Kier molecular flexibility index (Phi) is 4.12. The molecule has 2 saturated heterocycles. The van der Waals surface area contributed by atoms with E-state index in [2.05, 4.69) is 0 Å². The summed E-state index contributed by atoms with van der Waals surface area (Å²) in [6.07, 6.45) is 2.60. The fraction of sp³-hybridized carbons (Fsp3) is 0.562. The molecule has 0 saturated carbocycles. The van der Waals surface area contributed by atoms with Crippen LogP contribution < -0.4 is 10.5 Å². The molecule has 2 heterocycles. The molecule has 5 nitrogen and oxygen atoms in total. The molecule has 0 aliphatic carbocycles. The van der Waals surface area contributed by atoms with Gasteiger partial charge < -0.3 is 20.1 Å². The molecule has 1 amide bonds. The van der Waals surface area contributed by atoms with Gasteiger partial charge in [0.15, 0.2) is 0 Å². The summed E-state index contributed by atoms with van der Waals surface area (Å²) in [6, 6.07) is 7.46. The van der Waals surface area contributed by atoms with Crippen molar-refractivity contribution in [1.82, 2.24) is 4.90 Å². The number of benzene rings is 1. The van der Waals surface area contributed by atoms with Gasteiger partial charge in [0, 0.05) is 31.2 Å². The minimum Gasteiger partial charge on any atom is -0.496 e. The van der Waals surface area contributed by atoms with Crippen LogP contribution in [0.4, 0.5) is 0 Å². The Morgan fingerprint density at radius 3 is 2.95 bits per heavy atom. The Morgan fingerprint density at radius 1 is 1.43 bits per heavy atom. The van der Waals surface area contributed by atoms with Crippen LogP contribution in [0.5, 0.6) is 5.75 Å². The molecule has 2 aliphatic rings. The van der Waals surface area contributed by atoms with Crippen molar-refractivity contribution in [3.63, 3.8) is 0 Å². The quantitative estimate of drug-likeness (QED) is 0.912. The first-order valence-corrected chi connectivity index (χ1v) is 7.50. The van der Waals surface area contributed by atoms with Gasteiger partial charge in [0.25, 0.3) is 0 Å². The van der Waals surface area contributed by atoms with E-state index in [4.69, 9.17) is 15.2 Å². The molecule has 0 bridgehead atoms. The summed E-state index contributed by atoms with van der Waals surface area (Å²) in [5.41, 5.74) is 7.21. The Hall–Kier alpha value is -1.59. The van der Waals surface area contributed by atoms with Crippen molar-refractivity contribution >= 4 is 5.91 Å². The lowest BCUT2D eigenvalue weighted by molar-refractivity contribution is -0.130. The Labute approximate surface area is 125 Å². The number of hydrogen-bond donors (Lipinski definition) is 1. The smallest absolute Gasteiger partial charge is 0.224 e. The first-order valence-electron chi connectivity index (χ1n) is 7.50. The Bertz CT molecular complexity index is 514. The second-order valence-electron chi connectivity index (χ2n) is 5.74. The van der Waals surface area contributed by atoms with Crippen LogP contribution in [-0.2, 0) is 9.53 Å². The Morgan fingerprint density at radius 2 is 2.24 bits per heavy atom. The number of carbonyl (C=O) groups is 1. The molecule has 0 aromatic heterocycles. The van der Waals surface area contributed by atoms with Crippen LogP contribution in [0.15, 0.2) is 24.3 Å². The summed E-state index contributed by atoms with van der Waals surface area (Å²) in [5, 5.41) is 0. The average Bonchev–Trinajstić information content (AvgIpc) is 3.08. The second-order valence-corrected chi connectivity index (χ2v) is 5.74. The minimum atomic E-state index is -0.199. The standard InChI is InChI=1S/C16H22N2O3/c1-20-14-7-3-2-6-12(14)16-13(17)9-15(19)18(16)10-11-5-4-8-21-11/h2-3,6-7,11,13,16H,4-5,8-10,17H2,1H3. The number of nitrogens with two attached hydrogens (primary N) is 1. The van der Waals surface area contributed by atoms with Gasteiger partial charge in [-0.2, -0.15) is 0 Å². The predicted molar refractivity (Wildman–Crippen MR) is 79.0 cm³/mol. The zero-order valence-electron chi connectivity index (χ0n) is 12.3. The van der Waals surface area contributed by atoms with Crippen LogP contribution in [0.3, 0.4) is 0 Å². The largest absolute Gasteiger partial charge is 0.496 e. The highest BCUT2D eigenvalue weighted by Gasteiger charge is 2.41. The summed E-state index contributed by atoms with van der Waals surface area (Å²) < 4.78 is 11.1. The van der Waals surface area contributed by atoms with E-state index < -0.39 is 0 Å². The molecule has 3 unspecified atom stereocenters. The average molecular weight is 290 g/mol. The lowest BCUT2D eigenvalue weighted by Crippen LogP contribution is -2.38. The number of nitrogens with zero attached hydrogens (tertiary/aromatic N) is 1. The summed E-state index contributed by atoms with van der Waals surface area (Å²) >= 11 is 0. The van der Waals surface area contributed by atoms with Crippen molar-refractivity contribution in [3.8, 4) is 5.75 Å². The Balaban J connectivity index is 1.87. The number of rotatable bonds is 4. The summed E-state index contributed by atoms with van der Waals surface area (Å²) in [5.74, 6) is 0.888. The van der Waals surface area contributed by atoms with Crippen molar-refractivity contribution < 1.29 is 14.3 Å². The van der Waals surface area contributed by atoms with E-state index in [0.29, 0.717) is 13.0 Å². The maximum atomic E-state index is 12.3. The van der Waals surface area contributed by atoms with Gasteiger partial charge in [0.1, 0.15) is 5.75 Å². The summed E-state index contributed by atoms with van der Waals surface area (Å²) in [4.78, 5) is 14.2. The normalized spacial score (nSPS) is 29.1. The molecular weight excluding hydrogens is 268 g/mol. The van der Waals surface area contributed by atoms with Gasteiger partial charge in [-0.3, -0.25) is 4.79 Å². The van der Waals surface area contributed by atoms with Crippen molar-refractivity contribution in [2.45, 2.75) is 37.5 Å². The molecule has 5 heteroatoms. The van der Waals surface area contributed by atoms with E-state index >= 15 is 0 Å². The molecular formula is C16H22N2O3. The molecule has 1 aromatic carbocycles. The third kappa shape index (κ3) is 2.76. The monoisotopic (exact) mass is 290 g/mol. The molecule has 3 atom stereocenters. The van der Waals surface area contributed by atoms with Gasteiger partial charge in [-0.05, 0) is 18.9 Å². The maximum absolute atomic E-state index is 12.3. The van der Waals surface area contributed by atoms with Gasteiger partial charge >= 0.3 is 0 Å². The number of likely N-dealkylation sites (tertiary alicyclic amines) is 1. The van der Waals surface area contributed by atoms with Crippen molar-refractivity contribution in [3.05, 3.63) is 29.8 Å². The topological polar surface area (TPSA) is 64.8 Å². The van der Waals surface area contributed by atoms with Crippen molar-refractivity contribution in [1.29, 1.82) is 0 Å². The maximum Gasteiger partial charge on any atom is 0.224 e. The number of ether oxygens (including phenoxy) is 2. The van der Waals surface area contributed by atoms with Crippen molar-refractivity contribution in [2.24, 2.45) is 5.73 Å². The predicted octanol–water partition coefficient (Wildman–Crippen LogP) is 1.47. The fourth-order valence-electron chi connectivity index (χ4n) is 3.35. The van der Waals surface area contributed by atoms with Gasteiger partial charge in [-0.25, -0.2) is 0 Å². The van der Waals surface area contributed by atoms with Gasteiger partial charge in [0.2, 0.25) is 5.91 Å². The molecule has 2 aliphatic heterocycles. The molecule has 0 spiro atoms. The minimum absolute atomic E-state index is 0.105. The lowest BCUT2D eigenvalue weighted by atomic mass is 9.99. The number of carbonyl (C=O) groups excluding carboxylic acids is 1. The molecule has 21 heavy (non-hydrogen) atoms. The van der Waals surface area contributed by atoms with E-state index in [1.54, 1.807) is 7.11 Å². The van der Waals surface area contributed by atoms with Crippen LogP contribution in [0.25, 0.3) is 0 Å². The van der Waals surface area contributed by atoms with Crippen LogP contribution in [-0.4, -0.2) is 43.2 Å². The van der Waals surface area contributed by atoms with Gasteiger partial charge in [0.05, 0.1) is 19.3 Å². The second kappa shape index (κ2) is 6.03. The fourth-order valence-corrected chi connectivity index (χ4v) is 3.35. The van der Waals surface area contributed by atoms with E-state index in [9.17, 15) is 4.79 Å². The van der Waals surface area contributed by atoms with Crippen LogP contribution >= 0.6 is 0 Å². The molecule has 2 N–H and O–H groups in total. The number of hydrogen-bond acceptors (Lipinski definition) is 4. The molecule has 1 aromatic rings. The number of amides is 1. The van der Waals surface area contributed by atoms with E-state index in [-0.39, 0.29) is 24.1 Å². The first-order chi connectivity index (χ1) is 10.2. The summed E-state index contributed by atoms with van der Waals surface area (Å²) in [6.45, 7) is 1.41. The van der Waals surface area contributed by atoms with Crippen molar-refractivity contribution in [2.75, 3.05) is 20.3 Å². The highest BCUT2D eigenvalue weighted by atomic mass is 16.5. The number of para-hydroxylation sites is 1. The van der Waals surface area contributed by atoms with Crippen LogP contribution in [0, 0.1) is 0 Å².